The van der Waals surface area contributed by atoms with Crippen LogP contribution in [0.2, 0.25) is 0 Å². The molecule has 0 unspecified atom stereocenters. The SMILES string of the molecule is Cc1ccc(C(=O)NC[C@H](c2ccc3c(c2)OCO3)N2CCOCC2)cc1C. The topological polar surface area (TPSA) is 60.0 Å². The fourth-order valence-electron chi connectivity index (χ4n) is 3.64. The first kappa shape index (κ1) is 18.8. The molecule has 1 N–H and O–H groups in total. The molecule has 0 aromatic heterocycles. The zero-order valence-electron chi connectivity index (χ0n) is 16.4. The molecule has 0 aliphatic carbocycles. The zero-order chi connectivity index (χ0) is 19.5. The first-order valence-corrected chi connectivity index (χ1v) is 9.68. The maximum absolute atomic E-state index is 12.7. The Balaban J connectivity index is 1.52. The first-order chi connectivity index (χ1) is 13.6. The normalized spacial score (nSPS) is 17.4. The fraction of sp³-hybridized carbons (Fsp3) is 0.409. The number of nitrogens with zero attached hydrogens (tertiary/aromatic N) is 1. The van der Waals surface area contributed by atoms with Gasteiger partial charge in [-0.05, 0) is 54.8 Å². The van der Waals surface area contributed by atoms with Gasteiger partial charge in [0.15, 0.2) is 11.5 Å². The molecule has 2 aliphatic heterocycles. The van der Waals surface area contributed by atoms with E-state index in [2.05, 4.69) is 16.3 Å². The lowest BCUT2D eigenvalue weighted by Gasteiger charge is -2.35. The fourth-order valence-corrected chi connectivity index (χ4v) is 3.64. The second-order valence-electron chi connectivity index (χ2n) is 7.29. The van der Waals surface area contributed by atoms with Gasteiger partial charge < -0.3 is 19.5 Å². The molecule has 6 nitrogen and oxygen atoms in total. The van der Waals surface area contributed by atoms with Crippen LogP contribution >= 0.6 is 0 Å². The molecule has 6 heteroatoms. The van der Waals surface area contributed by atoms with Crippen molar-refractivity contribution < 1.29 is 19.0 Å². The van der Waals surface area contributed by atoms with Crippen LogP contribution in [0.5, 0.6) is 11.5 Å². The summed E-state index contributed by atoms with van der Waals surface area (Å²) in [5.41, 5.74) is 4.09. The summed E-state index contributed by atoms with van der Waals surface area (Å²) in [7, 11) is 0. The van der Waals surface area contributed by atoms with E-state index in [1.165, 1.54) is 5.56 Å². The number of hydrogen-bond donors (Lipinski definition) is 1. The van der Waals surface area contributed by atoms with Gasteiger partial charge in [0.1, 0.15) is 0 Å². The van der Waals surface area contributed by atoms with E-state index >= 15 is 0 Å². The molecule has 2 aromatic rings. The maximum atomic E-state index is 12.7. The van der Waals surface area contributed by atoms with Crippen molar-refractivity contribution >= 4 is 5.91 Å². The van der Waals surface area contributed by atoms with Crippen LogP contribution in [0.1, 0.15) is 33.1 Å². The average Bonchev–Trinajstić information content (AvgIpc) is 3.19. The van der Waals surface area contributed by atoms with Crippen LogP contribution in [0.25, 0.3) is 0 Å². The Bertz CT molecular complexity index is 862. The first-order valence-electron chi connectivity index (χ1n) is 9.68. The van der Waals surface area contributed by atoms with Gasteiger partial charge in [0.2, 0.25) is 6.79 Å². The highest BCUT2D eigenvalue weighted by molar-refractivity contribution is 5.94. The highest BCUT2D eigenvalue weighted by Gasteiger charge is 2.25. The molecule has 0 saturated carbocycles. The van der Waals surface area contributed by atoms with E-state index in [-0.39, 0.29) is 18.7 Å². The Morgan fingerprint density at radius 2 is 1.82 bits per heavy atom. The van der Waals surface area contributed by atoms with Crippen LogP contribution in [0.4, 0.5) is 0 Å². The minimum Gasteiger partial charge on any atom is -0.454 e. The number of amides is 1. The Morgan fingerprint density at radius 1 is 1.04 bits per heavy atom. The summed E-state index contributed by atoms with van der Waals surface area (Å²) in [6, 6.07) is 11.9. The molecule has 1 fully saturated rings. The van der Waals surface area contributed by atoms with E-state index in [4.69, 9.17) is 14.2 Å². The van der Waals surface area contributed by atoms with Gasteiger partial charge in [0, 0.05) is 25.2 Å². The Labute approximate surface area is 165 Å². The largest absolute Gasteiger partial charge is 0.454 e. The lowest BCUT2D eigenvalue weighted by atomic mass is 10.0. The quantitative estimate of drug-likeness (QED) is 0.862. The van der Waals surface area contributed by atoms with Gasteiger partial charge >= 0.3 is 0 Å². The van der Waals surface area contributed by atoms with E-state index in [9.17, 15) is 4.79 Å². The number of aryl methyl sites for hydroxylation is 2. The molecule has 4 rings (SSSR count). The summed E-state index contributed by atoms with van der Waals surface area (Å²) < 4.78 is 16.5. The van der Waals surface area contributed by atoms with Gasteiger partial charge in [0.25, 0.3) is 5.91 Å². The van der Waals surface area contributed by atoms with Crippen molar-refractivity contribution in [3.05, 3.63) is 58.7 Å². The molecule has 1 atom stereocenters. The molecule has 28 heavy (non-hydrogen) atoms. The van der Waals surface area contributed by atoms with Gasteiger partial charge in [-0.15, -0.1) is 0 Å². The van der Waals surface area contributed by atoms with E-state index in [0.29, 0.717) is 25.3 Å². The third kappa shape index (κ3) is 3.98. The molecule has 1 saturated heterocycles. The molecule has 148 valence electrons. The molecule has 2 heterocycles. The standard InChI is InChI=1S/C22H26N2O4/c1-15-3-4-18(11-16(15)2)22(25)23-13-19(24-7-9-26-10-8-24)17-5-6-20-21(12-17)28-14-27-20/h3-6,11-12,19H,7-10,13-14H2,1-2H3,(H,23,25)/t19-/m1/s1. The second kappa shape index (κ2) is 8.20. The third-order valence-corrected chi connectivity index (χ3v) is 5.49. The van der Waals surface area contributed by atoms with E-state index < -0.39 is 0 Å². The molecule has 2 aliphatic rings. The predicted octanol–water partition coefficient (Wildman–Crippen LogP) is 2.84. The predicted molar refractivity (Wildman–Crippen MR) is 106 cm³/mol. The summed E-state index contributed by atoms with van der Waals surface area (Å²) in [5, 5.41) is 3.12. The number of morpholine rings is 1. The minimum atomic E-state index is -0.0536. The highest BCUT2D eigenvalue weighted by Crippen LogP contribution is 2.35. The number of hydrogen-bond acceptors (Lipinski definition) is 5. The van der Waals surface area contributed by atoms with Crippen LogP contribution < -0.4 is 14.8 Å². The third-order valence-electron chi connectivity index (χ3n) is 5.49. The number of rotatable bonds is 5. The Morgan fingerprint density at radius 3 is 2.61 bits per heavy atom. The Kier molecular flexibility index (Phi) is 5.50. The van der Waals surface area contributed by atoms with E-state index in [0.717, 1.165) is 35.7 Å². The Hall–Kier alpha value is -2.57. The monoisotopic (exact) mass is 382 g/mol. The van der Waals surface area contributed by atoms with E-state index in [1.54, 1.807) is 0 Å². The van der Waals surface area contributed by atoms with Gasteiger partial charge in [-0.1, -0.05) is 12.1 Å². The number of benzene rings is 2. The van der Waals surface area contributed by atoms with Crippen molar-refractivity contribution in [2.45, 2.75) is 19.9 Å². The van der Waals surface area contributed by atoms with E-state index in [1.807, 2.05) is 44.2 Å². The van der Waals surface area contributed by atoms with Crippen molar-refractivity contribution in [3.63, 3.8) is 0 Å². The lowest BCUT2D eigenvalue weighted by Crippen LogP contribution is -2.43. The number of fused-ring (bicyclic) bond motifs is 1. The van der Waals surface area contributed by atoms with Crippen LogP contribution in [0, 0.1) is 13.8 Å². The highest BCUT2D eigenvalue weighted by atomic mass is 16.7. The van der Waals surface area contributed by atoms with Crippen LogP contribution in [-0.4, -0.2) is 50.4 Å². The smallest absolute Gasteiger partial charge is 0.251 e. The van der Waals surface area contributed by atoms with Crippen LogP contribution in [0.15, 0.2) is 36.4 Å². The van der Waals surface area contributed by atoms with Crippen LogP contribution in [-0.2, 0) is 4.74 Å². The zero-order valence-corrected chi connectivity index (χ0v) is 16.4. The van der Waals surface area contributed by atoms with Gasteiger partial charge in [-0.3, -0.25) is 9.69 Å². The van der Waals surface area contributed by atoms with Crippen molar-refractivity contribution in [1.82, 2.24) is 10.2 Å². The molecule has 0 spiro atoms. The van der Waals surface area contributed by atoms with Crippen LogP contribution in [0.3, 0.4) is 0 Å². The number of carbonyl (C=O) groups is 1. The van der Waals surface area contributed by atoms with Crippen molar-refractivity contribution in [2.75, 3.05) is 39.6 Å². The summed E-state index contributed by atoms with van der Waals surface area (Å²) in [4.78, 5) is 15.1. The summed E-state index contributed by atoms with van der Waals surface area (Å²) >= 11 is 0. The number of nitrogens with one attached hydrogen (secondary N) is 1. The van der Waals surface area contributed by atoms with Crippen molar-refractivity contribution in [3.8, 4) is 11.5 Å². The van der Waals surface area contributed by atoms with Gasteiger partial charge in [0.05, 0.1) is 19.3 Å². The molecule has 0 bridgehead atoms. The average molecular weight is 382 g/mol. The summed E-state index contributed by atoms with van der Waals surface area (Å²) in [5.74, 6) is 1.47. The maximum Gasteiger partial charge on any atom is 0.251 e. The molecular formula is C22H26N2O4. The summed E-state index contributed by atoms with van der Waals surface area (Å²) in [6.45, 7) is 7.91. The second-order valence-corrected chi connectivity index (χ2v) is 7.29. The van der Waals surface area contributed by atoms with Gasteiger partial charge in [-0.2, -0.15) is 0 Å². The van der Waals surface area contributed by atoms with Crippen molar-refractivity contribution in [1.29, 1.82) is 0 Å². The number of carbonyl (C=O) groups excluding carboxylic acids is 1. The summed E-state index contributed by atoms with van der Waals surface area (Å²) in [6.07, 6.45) is 0. The lowest BCUT2D eigenvalue weighted by molar-refractivity contribution is 0.0162. The molecule has 1 amide bonds. The number of ether oxygens (including phenoxy) is 3. The molecular weight excluding hydrogens is 356 g/mol. The molecule has 0 radical (unpaired) electrons. The van der Waals surface area contributed by atoms with Crippen molar-refractivity contribution in [2.24, 2.45) is 0 Å². The van der Waals surface area contributed by atoms with Gasteiger partial charge in [-0.25, -0.2) is 0 Å². The minimum absolute atomic E-state index is 0.0499. The molecule has 2 aromatic carbocycles.